The monoisotopic (exact) mass is 437 g/mol. The number of hydrogen-bond acceptors (Lipinski definition) is 5. The molecule has 33 heavy (non-hydrogen) atoms. The average Bonchev–Trinajstić information content (AvgIpc) is 3.42. The molecule has 1 N–H and O–H groups in total. The molecule has 5 rings (SSSR count). The fourth-order valence-electron chi connectivity index (χ4n) is 3.89. The quantitative estimate of drug-likeness (QED) is 0.446. The molecule has 0 atom stereocenters. The normalized spacial score (nSPS) is 11.1. The van der Waals surface area contributed by atoms with Crippen molar-refractivity contribution in [3.8, 4) is 11.3 Å². The third-order valence-electron chi connectivity index (χ3n) is 5.58. The van der Waals surface area contributed by atoms with Gasteiger partial charge in [0.2, 0.25) is 0 Å². The molecule has 0 spiro atoms. The Labute approximate surface area is 190 Å². The van der Waals surface area contributed by atoms with Gasteiger partial charge in [0.1, 0.15) is 12.7 Å². The maximum Gasteiger partial charge on any atom is 0.256 e. The number of carbonyl (C=O) groups excluding carboxylic acids is 1. The van der Waals surface area contributed by atoms with E-state index in [1.165, 1.54) is 11.9 Å². The van der Waals surface area contributed by atoms with Crippen LogP contribution in [0, 0.1) is 13.8 Å². The molecule has 0 aliphatic rings. The SMILES string of the molecule is Cc1ccc(-c2cc(C(=O)Nc3ccc(Cn4cncn4)cc3)c3c(C)nn(C)c3n2)cc1. The van der Waals surface area contributed by atoms with E-state index in [2.05, 4.69) is 20.5 Å². The highest BCUT2D eigenvalue weighted by molar-refractivity contribution is 6.13. The first-order chi connectivity index (χ1) is 16.0. The van der Waals surface area contributed by atoms with Gasteiger partial charge < -0.3 is 5.32 Å². The van der Waals surface area contributed by atoms with E-state index in [9.17, 15) is 4.79 Å². The van der Waals surface area contributed by atoms with Crippen molar-refractivity contribution < 1.29 is 4.79 Å². The molecule has 8 nitrogen and oxygen atoms in total. The van der Waals surface area contributed by atoms with Crippen molar-refractivity contribution in [2.75, 3.05) is 5.32 Å². The van der Waals surface area contributed by atoms with Crippen molar-refractivity contribution in [3.63, 3.8) is 0 Å². The number of aromatic nitrogens is 6. The predicted octanol–water partition coefficient (Wildman–Crippen LogP) is 4.14. The molecule has 164 valence electrons. The molecule has 0 fully saturated rings. The highest BCUT2D eigenvalue weighted by atomic mass is 16.1. The van der Waals surface area contributed by atoms with Crippen molar-refractivity contribution in [1.82, 2.24) is 29.5 Å². The van der Waals surface area contributed by atoms with Crippen LogP contribution in [0.25, 0.3) is 22.3 Å². The lowest BCUT2D eigenvalue weighted by Crippen LogP contribution is -2.13. The molecule has 0 saturated heterocycles. The second kappa shape index (κ2) is 8.31. The van der Waals surface area contributed by atoms with E-state index in [0.29, 0.717) is 23.4 Å². The molecular formula is C25H23N7O. The Morgan fingerprint density at radius 2 is 1.79 bits per heavy atom. The number of nitrogens with one attached hydrogen (secondary N) is 1. The van der Waals surface area contributed by atoms with Crippen LogP contribution in [0.4, 0.5) is 5.69 Å². The molecule has 0 saturated carbocycles. The number of anilines is 1. The molecule has 5 aromatic rings. The smallest absolute Gasteiger partial charge is 0.256 e. The molecule has 0 aliphatic heterocycles. The van der Waals surface area contributed by atoms with Gasteiger partial charge in [-0.15, -0.1) is 0 Å². The Balaban J connectivity index is 1.47. The van der Waals surface area contributed by atoms with Gasteiger partial charge in [0.15, 0.2) is 5.65 Å². The molecule has 0 aliphatic carbocycles. The molecule has 3 heterocycles. The van der Waals surface area contributed by atoms with E-state index < -0.39 is 0 Å². The van der Waals surface area contributed by atoms with E-state index in [4.69, 9.17) is 4.98 Å². The van der Waals surface area contributed by atoms with Crippen LogP contribution < -0.4 is 5.32 Å². The largest absolute Gasteiger partial charge is 0.322 e. The summed E-state index contributed by atoms with van der Waals surface area (Å²) < 4.78 is 3.47. The first-order valence-corrected chi connectivity index (χ1v) is 10.6. The Morgan fingerprint density at radius 1 is 1.03 bits per heavy atom. The third-order valence-corrected chi connectivity index (χ3v) is 5.58. The van der Waals surface area contributed by atoms with Crippen LogP contribution in [0.15, 0.2) is 67.3 Å². The molecule has 3 aromatic heterocycles. The number of hydrogen-bond donors (Lipinski definition) is 1. The topological polar surface area (TPSA) is 90.5 Å². The van der Waals surface area contributed by atoms with Crippen molar-refractivity contribution in [2.45, 2.75) is 20.4 Å². The van der Waals surface area contributed by atoms with Crippen molar-refractivity contribution in [2.24, 2.45) is 7.05 Å². The van der Waals surface area contributed by atoms with Gasteiger partial charge in [-0.2, -0.15) is 10.2 Å². The van der Waals surface area contributed by atoms with E-state index in [0.717, 1.165) is 27.9 Å². The maximum absolute atomic E-state index is 13.4. The summed E-state index contributed by atoms with van der Waals surface area (Å²) in [6.07, 6.45) is 3.18. The number of rotatable bonds is 5. The van der Waals surface area contributed by atoms with E-state index in [-0.39, 0.29) is 5.91 Å². The lowest BCUT2D eigenvalue weighted by atomic mass is 10.0. The standard InChI is InChI=1S/C25H23N7O/c1-16-4-8-19(9-5-16)22-12-21(23-17(2)30-31(3)24(23)29-22)25(33)28-20-10-6-18(7-11-20)13-32-15-26-14-27-32/h4-12,14-15H,13H2,1-3H3,(H,28,33). The molecule has 0 radical (unpaired) electrons. The van der Waals surface area contributed by atoms with Gasteiger partial charge in [-0.25, -0.2) is 14.6 Å². The second-order valence-electron chi connectivity index (χ2n) is 8.07. The summed E-state index contributed by atoms with van der Waals surface area (Å²) in [7, 11) is 1.84. The van der Waals surface area contributed by atoms with Crippen molar-refractivity contribution >= 4 is 22.6 Å². The number of carbonyl (C=O) groups is 1. The second-order valence-corrected chi connectivity index (χ2v) is 8.07. The molecule has 1 amide bonds. The Bertz CT molecular complexity index is 1430. The van der Waals surface area contributed by atoms with Crippen LogP contribution in [-0.2, 0) is 13.6 Å². The summed E-state index contributed by atoms with van der Waals surface area (Å²) in [5.41, 5.74) is 6.63. The van der Waals surface area contributed by atoms with Crippen molar-refractivity contribution in [1.29, 1.82) is 0 Å². The number of pyridine rings is 1. The summed E-state index contributed by atoms with van der Waals surface area (Å²) in [5, 5.41) is 12.4. The lowest BCUT2D eigenvalue weighted by molar-refractivity contribution is 0.102. The number of amides is 1. The fourth-order valence-corrected chi connectivity index (χ4v) is 3.89. The van der Waals surface area contributed by atoms with Crippen LogP contribution in [0.2, 0.25) is 0 Å². The summed E-state index contributed by atoms with van der Waals surface area (Å²) >= 11 is 0. The summed E-state index contributed by atoms with van der Waals surface area (Å²) in [6, 6.07) is 17.7. The van der Waals surface area contributed by atoms with Gasteiger partial charge in [-0.3, -0.25) is 9.48 Å². The molecule has 8 heteroatoms. The number of nitrogens with zero attached hydrogens (tertiary/aromatic N) is 6. The molecule has 0 bridgehead atoms. The highest BCUT2D eigenvalue weighted by Crippen LogP contribution is 2.28. The van der Waals surface area contributed by atoms with Gasteiger partial charge in [0.05, 0.1) is 28.9 Å². The number of fused-ring (bicyclic) bond motifs is 1. The highest BCUT2D eigenvalue weighted by Gasteiger charge is 2.19. The zero-order valence-electron chi connectivity index (χ0n) is 18.6. The van der Waals surface area contributed by atoms with Crippen LogP contribution >= 0.6 is 0 Å². The fraction of sp³-hybridized carbons (Fsp3) is 0.160. The van der Waals surface area contributed by atoms with Gasteiger partial charge in [-0.1, -0.05) is 42.0 Å². The zero-order chi connectivity index (χ0) is 22.9. The minimum atomic E-state index is -0.198. The van der Waals surface area contributed by atoms with E-state index >= 15 is 0 Å². The number of benzene rings is 2. The van der Waals surface area contributed by atoms with Crippen LogP contribution in [0.3, 0.4) is 0 Å². The minimum Gasteiger partial charge on any atom is -0.322 e. The molecular weight excluding hydrogens is 414 g/mol. The third kappa shape index (κ3) is 4.10. The minimum absolute atomic E-state index is 0.198. The van der Waals surface area contributed by atoms with Crippen LogP contribution in [0.5, 0.6) is 0 Å². The van der Waals surface area contributed by atoms with Crippen LogP contribution in [0.1, 0.15) is 27.2 Å². The summed E-state index contributed by atoms with van der Waals surface area (Å²) in [5.74, 6) is -0.198. The average molecular weight is 438 g/mol. The molecule has 2 aromatic carbocycles. The Hall–Kier alpha value is -4.33. The van der Waals surface area contributed by atoms with E-state index in [1.54, 1.807) is 15.7 Å². The number of aryl methyl sites for hydroxylation is 3. The summed E-state index contributed by atoms with van der Waals surface area (Å²) in [4.78, 5) is 22.1. The van der Waals surface area contributed by atoms with E-state index in [1.807, 2.05) is 75.5 Å². The predicted molar refractivity (Wildman–Crippen MR) is 127 cm³/mol. The van der Waals surface area contributed by atoms with Crippen LogP contribution in [-0.4, -0.2) is 35.4 Å². The van der Waals surface area contributed by atoms with Crippen molar-refractivity contribution in [3.05, 3.63) is 89.6 Å². The summed E-state index contributed by atoms with van der Waals surface area (Å²) in [6.45, 7) is 4.56. The maximum atomic E-state index is 13.4. The lowest BCUT2D eigenvalue weighted by Gasteiger charge is -2.10. The zero-order valence-corrected chi connectivity index (χ0v) is 18.6. The Morgan fingerprint density at radius 3 is 2.48 bits per heavy atom. The molecule has 0 unspecified atom stereocenters. The first kappa shape index (κ1) is 20.6. The van der Waals surface area contributed by atoms with Gasteiger partial charge in [0.25, 0.3) is 5.91 Å². The van der Waals surface area contributed by atoms with Gasteiger partial charge in [-0.05, 0) is 37.6 Å². The van der Waals surface area contributed by atoms with Gasteiger partial charge in [0, 0.05) is 18.3 Å². The van der Waals surface area contributed by atoms with Gasteiger partial charge >= 0.3 is 0 Å². The first-order valence-electron chi connectivity index (χ1n) is 10.6. The Kier molecular flexibility index (Phi) is 5.18.